The van der Waals surface area contributed by atoms with Crippen molar-refractivity contribution in [1.82, 2.24) is 4.57 Å². The Kier molecular flexibility index (Phi) is 4.69. The maximum absolute atomic E-state index is 2.52. The van der Waals surface area contributed by atoms with Crippen molar-refractivity contribution in [3.63, 3.8) is 0 Å². The average molecular weight is 402 g/mol. The standard InChI is InChI=1S/C27H33N3/c1-2-30-26-6-4-3-5-24(26)25-17-21(8-10-27(25)30)18-28-11-13-29(14-12-28)19-23-16-20-7-9-22(23)15-20/h3-10,17,20,22-23H,2,11-16,18-19H2,1H3/p+2/t20-,22-,23-/m0/s1. The highest BCUT2D eigenvalue weighted by atomic mass is 15.3. The largest absolute Gasteiger partial charge is 0.341 e. The zero-order chi connectivity index (χ0) is 20.1. The lowest BCUT2D eigenvalue weighted by Gasteiger charge is -2.32. The summed E-state index contributed by atoms with van der Waals surface area (Å²) in [6.07, 6.45) is 7.91. The van der Waals surface area contributed by atoms with Crippen LogP contribution in [-0.2, 0) is 13.1 Å². The zero-order valence-corrected chi connectivity index (χ0v) is 18.2. The predicted molar refractivity (Wildman–Crippen MR) is 124 cm³/mol. The molecule has 2 heterocycles. The number of hydrogen-bond donors (Lipinski definition) is 2. The van der Waals surface area contributed by atoms with E-state index in [1.165, 1.54) is 79.5 Å². The Morgan fingerprint density at radius 2 is 1.67 bits per heavy atom. The highest BCUT2D eigenvalue weighted by molar-refractivity contribution is 6.08. The van der Waals surface area contributed by atoms with Gasteiger partial charge in [0.2, 0.25) is 0 Å². The van der Waals surface area contributed by atoms with Crippen LogP contribution in [0.4, 0.5) is 0 Å². The first kappa shape index (κ1) is 18.7. The van der Waals surface area contributed by atoms with E-state index in [4.69, 9.17) is 0 Å². The van der Waals surface area contributed by atoms with E-state index in [1.54, 1.807) is 4.90 Å². The quantitative estimate of drug-likeness (QED) is 0.610. The lowest BCUT2D eigenvalue weighted by atomic mass is 9.93. The van der Waals surface area contributed by atoms with Gasteiger partial charge in [0.15, 0.2) is 0 Å². The van der Waals surface area contributed by atoms with Crippen LogP contribution in [0.5, 0.6) is 0 Å². The van der Waals surface area contributed by atoms with Crippen LogP contribution in [0, 0.1) is 17.8 Å². The molecule has 2 bridgehead atoms. The molecule has 3 heteroatoms. The molecule has 6 rings (SSSR count). The number of para-hydroxylation sites is 1. The van der Waals surface area contributed by atoms with Crippen LogP contribution in [0.2, 0.25) is 0 Å². The van der Waals surface area contributed by atoms with E-state index in [2.05, 4.69) is 66.1 Å². The Bertz CT molecular complexity index is 1090. The first-order valence-corrected chi connectivity index (χ1v) is 12.1. The van der Waals surface area contributed by atoms with Crippen molar-refractivity contribution in [2.45, 2.75) is 32.9 Å². The van der Waals surface area contributed by atoms with Crippen LogP contribution in [0.25, 0.3) is 21.8 Å². The molecule has 0 unspecified atom stereocenters. The van der Waals surface area contributed by atoms with Gasteiger partial charge in [-0.1, -0.05) is 36.4 Å². The Hall–Kier alpha value is -2.10. The van der Waals surface area contributed by atoms with E-state index in [0.717, 1.165) is 24.3 Å². The molecule has 1 saturated carbocycles. The van der Waals surface area contributed by atoms with Crippen LogP contribution in [0.3, 0.4) is 0 Å². The van der Waals surface area contributed by atoms with Crippen molar-refractivity contribution in [2.24, 2.45) is 17.8 Å². The van der Waals surface area contributed by atoms with Crippen molar-refractivity contribution in [1.29, 1.82) is 0 Å². The monoisotopic (exact) mass is 401 g/mol. The van der Waals surface area contributed by atoms with Crippen LogP contribution >= 0.6 is 0 Å². The predicted octanol–water partition coefficient (Wildman–Crippen LogP) is 2.31. The van der Waals surface area contributed by atoms with Crippen molar-refractivity contribution in [2.75, 3.05) is 32.7 Å². The summed E-state index contributed by atoms with van der Waals surface area (Å²) >= 11 is 0. The molecule has 3 aliphatic rings. The number of benzene rings is 2. The van der Waals surface area contributed by atoms with Gasteiger partial charge in [-0.05, 0) is 49.8 Å². The fraction of sp³-hybridized carbons (Fsp3) is 0.481. The second kappa shape index (κ2) is 7.55. The van der Waals surface area contributed by atoms with Gasteiger partial charge in [-0.25, -0.2) is 0 Å². The fourth-order valence-electron chi connectivity index (χ4n) is 6.68. The van der Waals surface area contributed by atoms with Gasteiger partial charge in [0.1, 0.15) is 32.7 Å². The third-order valence-corrected chi connectivity index (χ3v) is 8.24. The maximum atomic E-state index is 2.52. The molecule has 0 spiro atoms. The SMILES string of the molecule is CCn1c2ccccc2c2cc(C[NH+]3CC[NH+](C[C@@H]4C[C@H]5C=C[C@H]4C5)CC3)ccc21. The molecule has 2 N–H and O–H groups in total. The molecule has 3 nitrogen and oxygen atoms in total. The van der Waals surface area contributed by atoms with Gasteiger partial charge in [-0.2, -0.15) is 0 Å². The van der Waals surface area contributed by atoms with E-state index in [0.29, 0.717) is 0 Å². The summed E-state index contributed by atoms with van der Waals surface area (Å²) in [5.41, 5.74) is 4.25. The molecule has 3 atom stereocenters. The fourth-order valence-corrected chi connectivity index (χ4v) is 6.68. The Balaban J connectivity index is 1.13. The number of aromatic nitrogens is 1. The van der Waals surface area contributed by atoms with Crippen LogP contribution < -0.4 is 9.80 Å². The van der Waals surface area contributed by atoms with Gasteiger partial charge in [0.05, 0.1) is 6.54 Å². The first-order chi connectivity index (χ1) is 14.8. The average Bonchev–Trinajstić information content (AvgIpc) is 3.48. The van der Waals surface area contributed by atoms with Gasteiger partial charge < -0.3 is 14.4 Å². The van der Waals surface area contributed by atoms with Crippen LogP contribution in [0.15, 0.2) is 54.6 Å². The van der Waals surface area contributed by atoms with E-state index in [9.17, 15) is 0 Å². The number of nitrogens with zero attached hydrogens (tertiary/aromatic N) is 1. The molecular weight excluding hydrogens is 366 g/mol. The first-order valence-electron chi connectivity index (χ1n) is 12.1. The second-order valence-electron chi connectivity index (χ2n) is 10.0. The van der Waals surface area contributed by atoms with Gasteiger partial charge in [-0.15, -0.1) is 0 Å². The van der Waals surface area contributed by atoms with E-state index >= 15 is 0 Å². The number of piperazine rings is 1. The highest BCUT2D eigenvalue weighted by Gasteiger charge is 2.38. The molecule has 1 saturated heterocycles. The van der Waals surface area contributed by atoms with Crippen molar-refractivity contribution >= 4 is 21.8 Å². The van der Waals surface area contributed by atoms with E-state index < -0.39 is 0 Å². The highest BCUT2D eigenvalue weighted by Crippen LogP contribution is 2.42. The second-order valence-corrected chi connectivity index (χ2v) is 10.0. The minimum Gasteiger partial charge on any atom is -0.341 e. The molecule has 0 radical (unpaired) electrons. The molecule has 0 amide bonds. The zero-order valence-electron chi connectivity index (χ0n) is 18.2. The minimum atomic E-state index is 0.907. The molecule has 3 aromatic rings. The number of fused-ring (bicyclic) bond motifs is 5. The lowest BCUT2D eigenvalue weighted by molar-refractivity contribution is -1.02. The number of allylic oxidation sites excluding steroid dienone is 2. The topological polar surface area (TPSA) is 13.8 Å². The number of hydrogen-bond acceptors (Lipinski definition) is 0. The summed E-state index contributed by atoms with van der Waals surface area (Å²) in [6, 6.07) is 16.1. The smallest absolute Gasteiger partial charge is 0.127 e. The van der Waals surface area contributed by atoms with Gasteiger partial charge in [-0.3, -0.25) is 0 Å². The molecule has 2 fully saturated rings. The number of aryl methyl sites for hydroxylation is 1. The van der Waals surface area contributed by atoms with Crippen molar-refractivity contribution < 1.29 is 9.80 Å². The number of nitrogens with one attached hydrogen (secondary N) is 2. The molecule has 156 valence electrons. The lowest BCUT2D eigenvalue weighted by Crippen LogP contribution is -3.27. The minimum absolute atomic E-state index is 0.907. The maximum Gasteiger partial charge on any atom is 0.127 e. The number of quaternary nitrogens is 2. The summed E-state index contributed by atoms with van der Waals surface area (Å²) in [6.45, 7) is 11.2. The van der Waals surface area contributed by atoms with E-state index in [1.807, 2.05) is 4.90 Å². The molecule has 1 aliphatic heterocycles. The van der Waals surface area contributed by atoms with Gasteiger partial charge in [0.25, 0.3) is 0 Å². The van der Waals surface area contributed by atoms with Gasteiger partial charge in [0, 0.05) is 39.8 Å². The van der Waals surface area contributed by atoms with Crippen LogP contribution in [0.1, 0.15) is 25.3 Å². The summed E-state index contributed by atoms with van der Waals surface area (Å²) < 4.78 is 2.45. The summed E-state index contributed by atoms with van der Waals surface area (Å²) in [5, 5.41) is 2.83. The third-order valence-electron chi connectivity index (χ3n) is 8.24. The molecule has 2 aliphatic carbocycles. The van der Waals surface area contributed by atoms with Crippen molar-refractivity contribution in [3.05, 3.63) is 60.2 Å². The molecule has 30 heavy (non-hydrogen) atoms. The van der Waals surface area contributed by atoms with E-state index in [-0.39, 0.29) is 0 Å². The summed E-state index contributed by atoms with van der Waals surface area (Å²) in [4.78, 5) is 3.64. The molecule has 2 aromatic carbocycles. The Morgan fingerprint density at radius 1 is 0.867 bits per heavy atom. The summed E-state index contributed by atoms with van der Waals surface area (Å²) in [5.74, 6) is 2.79. The van der Waals surface area contributed by atoms with Gasteiger partial charge >= 0.3 is 0 Å². The molecular formula is C27H35N3+2. The third kappa shape index (κ3) is 3.19. The normalized spacial score (nSPS) is 30.6. The summed E-state index contributed by atoms with van der Waals surface area (Å²) in [7, 11) is 0. The Labute approximate surface area is 180 Å². The van der Waals surface area contributed by atoms with Crippen molar-refractivity contribution in [3.8, 4) is 0 Å². The molecule has 1 aromatic heterocycles. The Morgan fingerprint density at radius 3 is 2.43 bits per heavy atom. The van der Waals surface area contributed by atoms with Crippen LogP contribution in [-0.4, -0.2) is 37.3 Å². The number of rotatable bonds is 5.